The van der Waals surface area contributed by atoms with E-state index in [4.69, 9.17) is 4.42 Å². The van der Waals surface area contributed by atoms with Crippen molar-refractivity contribution >= 4 is 0 Å². The van der Waals surface area contributed by atoms with Crippen LogP contribution in [0.5, 0.6) is 0 Å². The summed E-state index contributed by atoms with van der Waals surface area (Å²) >= 11 is 0. The second-order valence-electron chi connectivity index (χ2n) is 5.73. The van der Waals surface area contributed by atoms with E-state index in [-0.39, 0.29) is 12.1 Å². The average Bonchev–Trinajstić information content (AvgIpc) is 3.17. The SMILES string of the molecule is Cc1nnc(C(C)NC(C)c2cnn(Cc3ccccc3)c2)o1. The zero-order valence-electron chi connectivity index (χ0n) is 13.6. The molecule has 1 N–H and O–H groups in total. The molecule has 0 saturated heterocycles. The van der Waals surface area contributed by atoms with E-state index in [0.717, 1.165) is 12.1 Å². The number of nitrogens with zero attached hydrogens (tertiary/aromatic N) is 4. The highest BCUT2D eigenvalue weighted by Gasteiger charge is 2.17. The van der Waals surface area contributed by atoms with Crippen LogP contribution in [0, 0.1) is 6.92 Å². The molecule has 0 bridgehead atoms. The van der Waals surface area contributed by atoms with Crippen molar-refractivity contribution < 1.29 is 4.42 Å². The lowest BCUT2D eigenvalue weighted by molar-refractivity contribution is 0.380. The minimum atomic E-state index is -0.0105. The number of aromatic nitrogens is 4. The Balaban J connectivity index is 1.63. The van der Waals surface area contributed by atoms with Crippen LogP contribution in [0.4, 0.5) is 0 Å². The number of rotatable bonds is 6. The van der Waals surface area contributed by atoms with E-state index in [1.165, 1.54) is 5.56 Å². The molecule has 1 aromatic carbocycles. The summed E-state index contributed by atoms with van der Waals surface area (Å²) in [6, 6.07) is 10.4. The summed E-state index contributed by atoms with van der Waals surface area (Å²) in [6.45, 7) is 6.67. The van der Waals surface area contributed by atoms with Crippen LogP contribution in [0.3, 0.4) is 0 Å². The van der Waals surface area contributed by atoms with Gasteiger partial charge in [0, 0.05) is 24.7 Å². The van der Waals surface area contributed by atoms with Gasteiger partial charge >= 0.3 is 0 Å². The van der Waals surface area contributed by atoms with Gasteiger partial charge in [-0.2, -0.15) is 5.10 Å². The smallest absolute Gasteiger partial charge is 0.233 e. The summed E-state index contributed by atoms with van der Waals surface area (Å²) in [7, 11) is 0. The molecule has 0 spiro atoms. The van der Waals surface area contributed by atoms with Gasteiger partial charge in [0.1, 0.15) is 0 Å². The molecule has 0 aliphatic heterocycles. The predicted octanol–water partition coefficient (Wildman–Crippen LogP) is 3.03. The normalized spacial score (nSPS) is 13.9. The van der Waals surface area contributed by atoms with Crippen molar-refractivity contribution in [1.29, 1.82) is 0 Å². The molecule has 6 nitrogen and oxygen atoms in total. The van der Waals surface area contributed by atoms with E-state index >= 15 is 0 Å². The Morgan fingerprint density at radius 3 is 2.61 bits per heavy atom. The maximum atomic E-state index is 5.46. The Bertz CT molecular complexity index is 749. The third-order valence-electron chi connectivity index (χ3n) is 3.75. The molecule has 0 saturated carbocycles. The first-order valence-electron chi connectivity index (χ1n) is 7.74. The van der Waals surface area contributed by atoms with Gasteiger partial charge in [-0.15, -0.1) is 10.2 Å². The molecule has 0 amide bonds. The quantitative estimate of drug-likeness (QED) is 0.758. The topological polar surface area (TPSA) is 68.8 Å². The fourth-order valence-electron chi connectivity index (χ4n) is 2.49. The molecule has 0 radical (unpaired) electrons. The molecule has 2 aromatic heterocycles. The minimum absolute atomic E-state index is 0.0105. The first-order chi connectivity index (χ1) is 11.1. The van der Waals surface area contributed by atoms with Gasteiger partial charge in [0.2, 0.25) is 11.8 Å². The fraction of sp³-hybridized carbons (Fsp3) is 0.353. The highest BCUT2D eigenvalue weighted by atomic mass is 16.4. The van der Waals surface area contributed by atoms with Crippen LogP contribution in [0.25, 0.3) is 0 Å². The van der Waals surface area contributed by atoms with E-state index in [0.29, 0.717) is 11.8 Å². The van der Waals surface area contributed by atoms with Gasteiger partial charge in [0.05, 0.1) is 18.8 Å². The van der Waals surface area contributed by atoms with Gasteiger partial charge in [0.25, 0.3) is 0 Å². The zero-order chi connectivity index (χ0) is 16.2. The molecular weight excluding hydrogens is 290 g/mol. The van der Waals surface area contributed by atoms with E-state index in [2.05, 4.69) is 45.9 Å². The molecule has 3 aromatic rings. The summed E-state index contributed by atoms with van der Waals surface area (Å²) in [6.07, 6.45) is 3.96. The van der Waals surface area contributed by atoms with Crippen molar-refractivity contribution in [2.75, 3.05) is 0 Å². The second kappa shape index (κ2) is 6.75. The van der Waals surface area contributed by atoms with Gasteiger partial charge in [-0.25, -0.2) is 0 Å². The van der Waals surface area contributed by atoms with Gasteiger partial charge in [-0.1, -0.05) is 30.3 Å². The number of hydrogen-bond donors (Lipinski definition) is 1. The first-order valence-corrected chi connectivity index (χ1v) is 7.74. The molecule has 120 valence electrons. The zero-order valence-corrected chi connectivity index (χ0v) is 13.6. The molecule has 6 heteroatoms. The Labute approximate surface area is 135 Å². The van der Waals surface area contributed by atoms with Crippen molar-refractivity contribution in [3.8, 4) is 0 Å². The highest BCUT2D eigenvalue weighted by Crippen LogP contribution is 2.18. The van der Waals surface area contributed by atoms with Crippen molar-refractivity contribution in [2.45, 2.75) is 39.4 Å². The predicted molar refractivity (Wildman–Crippen MR) is 86.8 cm³/mol. The molecule has 0 fully saturated rings. The van der Waals surface area contributed by atoms with Crippen LogP contribution >= 0.6 is 0 Å². The second-order valence-corrected chi connectivity index (χ2v) is 5.73. The van der Waals surface area contributed by atoms with Crippen LogP contribution in [0.1, 0.15) is 48.8 Å². The Morgan fingerprint density at radius 2 is 1.91 bits per heavy atom. The first kappa shape index (κ1) is 15.4. The van der Waals surface area contributed by atoms with Crippen LogP contribution in [-0.2, 0) is 6.54 Å². The summed E-state index contributed by atoms with van der Waals surface area (Å²) < 4.78 is 7.41. The van der Waals surface area contributed by atoms with E-state index in [1.807, 2.05) is 36.0 Å². The Morgan fingerprint density at radius 1 is 1.13 bits per heavy atom. The van der Waals surface area contributed by atoms with Crippen LogP contribution in [0.15, 0.2) is 47.1 Å². The van der Waals surface area contributed by atoms with Crippen LogP contribution in [-0.4, -0.2) is 20.0 Å². The largest absolute Gasteiger partial charge is 0.424 e. The number of benzene rings is 1. The Hall–Kier alpha value is -2.47. The van der Waals surface area contributed by atoms with Crippen molar-refractivity contribution in [3.05, 3.63) is 65.6 Å². The standard InChI is InChI=1S/C17H21N5O/c1-12(19-13(2)17-21-20-14(3)23-17)16-9-18-22(11-16)10-15-7-5-4-6-8-15/h4-9,11-13,19H,10H2,1-3H3. The maximum Gasteiger partial charge on any atom is 0.233 e. The summed E-state index contributed by atoms with van der Waals surface area (Å²) in [5.41, 5.74) is 2.36. The lowest BCUT2D eigenvalue weighted by Crippen LogP contribution is -2.22. The molecule has 3 rings (SSSR count). The van der Waals surface area contributed by atoms with Gasteiger partial charge in [-0.05, 0) is 19.4 Å². The summed E-state index contributed by atoms with van der Waals surface area (Å²) in [5.74, 6) is 1.18. The monoisotopic (exact) mass is 311 g/mol. The molecule has 2 heterocycles. The number of hydrogen-bond acceptors (Lipinski definition) is 5. The number of nitrogens with one attached hydrogen (secondary N) is 1. The van der Waals surface area contributed by atoms with Crippen LogP contribution < -0.4 is 5.32 Å². The fourth-order valence-corrected chi connectivity index (χ4v) is 2.49. The van der Waals surface area contributed by atoms with Gasteiger partial charge in [-0.3, -0.25) is 10.00 Å². The lowest BCUT2D eigenvalue weighted by atomic mass is 10.1. The molecule has 0 aliphatic carbocycles. The number of aryl methyl sites for hydroxylation is 1. The third-order valence-corrected chi connectivity index (χ3v) is 3.75. The van der Waals surface area contributed by atoms with Crippen molar-refractivity contribution in [1.82, 2.24) is 25.3 Å². The van der Waals surface area contributed by atoms with Crippen molar-refractivity contribution in [2.24, 2.45) is 0 Å². The van der Waals surface area contributed by atoms with Crippen LogP contribution in [0.2, 0.25) is 0 Å². The van der Waals surface area contributed by atoms with Gasteiger partial charge < -0.3 is 4.42 Å². The van der Waals surface area contributed by atoms with Gasteiger partial charge in [0.15, 0.2) is 0 Å². The van der Waals surface area contributed by atoms with E-state index in [9.17, 15) is 0 Å². The average molecular weight is 311 g/mol. The van der Waals surface area contributed by atoms with E-state index in [1.54, 1.807) is 6.92 Å². The Kier molecular flexibility index (Phi) is 4.52. The molecular formula is C17H21N5O. The molecule has 2 atom stereocenters. The molecule has 0 aliphatic rings. The highest BCUT2D eigenvalue weighted by molar-refractivity contribution is 5.16. The molecule has 2 unspecified atom stereocenters. The van der Waals surface area contributed by atoms with Crippen molar-refractivity contribution in [3.63, 3.8) is 0 Å². The third kappa shape index (κ3) is 3.84. The summed E-state index contributed by atoms with van der Waals surface area (Å²) in [5, 5.41) is 15.8. The maximum absolute atomic E-state index is 5.46. The van der Waals surface area contributed by atoms with E-state index < -0.39 is 0 Å². The lowest BCUT2D eigenvalue weighted by Gasteiger charge is -2.16. The molecule has 23 heavy (non-hydrogen) atoms. The summed E-state index contributed by atoms with van der Waals surface area (Å²) in [4.78, 5) is 0. The minimum Gasteiger partial charge on any atom is -0.424 e.